The van der Waals surface area contributed by atoms with Gasteiger partial charge in [0.1, 0.15) is 6.54 Å². The Labute approximate surface area is 208 Å². The molecular weight excluding hydrogens is 525 g/mol. The molecule has 1 unspecified atom stereocenters. The van der Waals surface area contributed by atoms with Gasteiger partial charge in [-0.3, -0.25) is 9.69 Å². The first-order valence-electron chi connectivity index (χ1n) is 10.8. The number of guanidine groups is 1. The number of hydrogen-bond donors (Lipinski definition) is 1. The zero-order valence-corrected chi connectivity index (χ0v) is 21.8. The number of halogens is 1. The standard InChI is InChI=1S/C22H35N5O2S.HI/c1-25(2)21(28)16-24-22(23-9-15-30-20-6-4-3-5-7-20)27-10-8-19(18-27)17-26-11-13-29-14-12-26;/h3-7,19H,8-18H2,1-2H3,(H,23,24);1H. The van der Waals surface area contributed by atoms with Crippen LogP contribution >= 0.6 is 35.7 Å². The van der Waals surface area contributed by atoms with E-state index in [9.17, 15) is 4.79 Å². The second kappa shape index (κ2) is 14.2. The number of likely N-dealkylation sites (tertiary alicyclic amines) is 1. The summed E-state index contributed by atoms with van der Waals surface area (Å²) < 4.78 is 5.46. The molecule has 1 N–H and O–H groups in total. The molecule has 0 bridgehead atoms. The minimum absolute atomic E-state index is 0. The minimum atomic E-state index is 0. The number of benzene rings is 1. The van der Waals surface area contributed by atoms with Gasteiger partial charge in [0.25, 0.3) is 0 Å². The smallest absolute Gasteiger partial charge is 0.243 e. The molecule has 2 saturated heterocycles. The van der Waals surface area contributed by atoms with Crippen molar-refractivity contribution < 1.29 is 9.53 Å². The second-order valence-corrected chi connectivity index (χ2v) is 9.20. The van der Waals surface area contributed by atoms with Gasteiger partial charge in [-0.15, -0.1) is 35.7 Å². The fraction of sp³-hybridized carbons (Fsp3) is 0.636. The molecule has 2 aliphatic rings. The number of carbonyl (C=O) groups is 1. The maximum absolute atomic E-state index is 12.1. The topological polar surface area (TPSA) is 60.4 Å². The number of morpholine rings is 1. The third kappa shape index (κ3) is 9.15. The first kappa shape index (κ1) is 26.2. The van der Waals surface area contributed by atoms with Gasteiger partial charge in [-0.05, 0) is 24.5 Å². The Morgan fingerprint density at radius 2 is 1.97 bits per heavy atom. The van der Waals surface area contributed by atoms with Crippen molar-refractivity contribution in [1.29, 1.82) is 0 Å². The van der Waals surface area contributed by atoms with E-state index in [0.29, 0.717) is 5.92 Å². The predicted octanol–water partition coefficient (Wildman–Crippen LogP) is 2.08. The lowest BCUT2D eigenvalue weighted by atomic mass is 10.1. The van der Waals surface area contributed by atoms with Crippen molar-refractivity contribution in [3.8, 4) is 0 Å². The molecule has 2 aliphatic heterocycles. The van der Waals surface area contributed by atoms with Gasteiger partial charge in [0, 0.05) is 64.0 Å². The highest BCUT2D eigenvalue weighted by Gasteiger charge is 2.27. The third-order valence-electron chi connectivity index (χ3n) is 5.47. The van der Waals surface area contributed by atoms with Gasteiger partial charge in [-0.25, -0.2) is 4.99 Å². The quantitative estimate of drug-likeness (QED) is 0.173. The molecular formula is C22H36IN5O2S. The van der Waals surface area contributed by atoms with Crippen molar-refractivity contribution in [2.75, 3.05) is 78.9 Å². The summed E-state index contributed by atoms with van der Waals surface area (Å²) in [5.74, 6) is 2.48. The predicted molar refractivity (Wildman–Crippen MR) is 139 cm³/mol. The van der Waals surface area contributed by atoms with E-state index >= 15 is 0 Å². The lowest BCUT2D eigenvalue weighted by molar-refractivity contribution is -0.127. The van der Waals surface area contributed by atoms with Crippen molar-refractivity contribution in [1.82, 2.24) is 20.0 Å². The second-order valence-electron chi connectivity index (χ2n) is 8.03. The molecule has 1 aromatic rings. The number of rotatable bonds is 8. The Kier molecular flexibility index (Phi) is 12.0. The van der Waals surface area contributed by atoms with E-state index in [1.54, 1.807) is 19.0 Å². The van der Waals surface area contributed by atoms with Crippen molar-refractivity contribution >= 4 is 47.6 Å². The summed E-state index contributed by atoms with van der Waals surface area (Å²) in [5, 5.41) is 3.50. The number of thioether (sulfide) groups is 1. The molecule has 0 aliphatic carbocycles. The summed E-state index contributed by atoms with van der Waals surface area (Å²) in [5.41, 5.74) is 0. The van der Waals surface area contributed by atoms with Gasteiger partial charge in [-0.2, -0.15) is 0 Å². The monoisotopic (exact) mass is 561 g/mol. The lowest BCUT2D eigenvalue weighted by Gasteiger charge is -2.29. The Hall–Kier alpha value is -1.04. The molecule has 1 aromatic carbocycles. The molecule has 7 nitrogen and oxygen atoms in total. The Morgan fingerprint density at radius 1 is 1.23 bits per heavy atom. The third-order valence-corrected chi connectivity index (χ3v) is 6.48. The van der Waals surface area contributed by atoms with Gasteiger partial charge in [-0.1, -0.05) is 18.2 Å². The minimum Gasteiger partial charge on any atom is -0.379 e. The van der Waals surface area contributed by atoms with Crippen LogP contribution < -0.4 is 5.32 Å². The summed E-state index contributed by atoms with van der Waals surface area (Å²) in [7, 11) is 3.55. The average Bonchev–Trinajstić information content (AvgIpc) is 3.22. The van der Waals surface area contributed by atoms with E-state index in [4.69, 9.17) is 4.74 Å². The normalized spacial score (nSPS) is 19.7. The highest BCUT2D eigenvalue weighted by Crippen LogP contribution is 2.19. The number of ether oxygens (including phenoxy) is 1. The average molecular weight is 562 g/mol. The largest absolute Gasteiger partial charge is 0.379 e. The molecule has 3 rings (SSSR count). The van der Waals surface area contributed by atoms with E-state index in [-0.39, 0.29) is 36.4 Å². The van der Waals surface area contributed by atoms with Gasteiger partial charge in [0.15, 0.2) is 5.96 Å². The van der Waals surface area contributed by atoms with Crippen LogP contribution in [0, 0.1) is 5.92 Å². The molecule has 174 valence electrons. The molecule has 1 amide bonds. The van der Waals surface area contributed by atoms with Crippen LogP contribution in [0.3, 0.4) is 0 Å². The van der Waals surface area contributed by atoms with Crippen molar-refractivity contribution in [3.63, 3.8) is 0 Å². The molecule has 1 atom stereocenters. The van der Waals surface area contributed by atoms with E-state index in [0.717, 1.165) is 64.2 Å². The summed E-state index contributed by atoms with van der Waals surface area (Å²) in [6, 6.07) is 10.4. The van der Waals surface area contributed by atoms with Gasteiger partial charge < -0.3 is 19.9 Å². The molecule has 2 fully saturated rings. The summed E-state index contributed by atoms with van der Waals surface area (Å²) in [6.45, 7) is 7.85. The maximum Gasteiger partial charge on any atom is 0.243 e. The van der Waals surface area contributed by atoms with Crippen molar-refractivity contribution in [3.05, 3.63) is 30.3 Å². The van der Waals surface area contributed by atoms with Crippen LogP contribution in [-0.2, 0) is 9.53 Å². The van der Waals surface area contributed by atoms with E-state index < -0.39 is 0 Å². The van der Waals surface area contributed by atoms with Crippen LogP contribution in [-0.4, -0.2) is 105 Å². The molecule has 9 heteroatoms. The van der Waals surface area contributed by atoms with Crippen LogP contribution in [0.15, 0.2) is 40.2 Å². The van der Waals surface area contributed by atoms with Crippen LogP contribution in [0.1, 0.15) is 6.42 Å². The van der Waals surface area contributed by atoms with Crippen LogP contribution in [0.4, 0.5) is 0 Å². The van der Waals surface area contributed by atoms with E-state index in [1.165, 1.54) is 11.3 Å². The zero-order chi connectivity index (χ0) is 21.2. The fourth-order valence-corrected chi connectivity index (χ4v) is 4.51. The number of nitrogens with zero attached hydrogens (tertiary/aromatic N) is 4. The zero-order valence-electron chi connectivity index (χ0n) is 18.7. The van der Waals surface area contributed by atoms with Crippen LogP contribution in [0.25, 0.3) is 0 Å². The Bertz CT molecular complexity index is 686. The maximum atomic E-state index is 12.1. The molecule has 0 radical (unpaired) electrons. The Morgan fingerprint density at radius 3 is 2.68 bits per heavy atom. The molecule has 0 saturated carbocycles. The number of carbonyl (C=O) groups excluding carboxylic acids is 1. The summed E-state index contributed by atoms with van der Waals surface area (Å²) >= 11 is 1.83. The summed E-state index contributed by atoms with van der Waals surface area (Å²) in [6.07, 6.45) is 1.17. The molecule has 2 heterocycles. The Balaban J connectivity index is 0.00000341. The first-order valence-corrected chi connectivity index (χ1v) is 11.8. The highest BCUT2D eigenvalue weighted by atomic mass is 127. The SMILES string of the molecule is CN(C)C(=O)CN=C(NCCSc1ccccc1)N1CCC(CN2CCOCC2)C1.I. The van der Waals surface area contributed by atoms with Gasteiger partial charge in [0.2, 0.25) is 5.91 Å². The van der Waals surface area contributed by atoms with Gasteiger partial charge >= 0.3 is 0 Å². The van der Waals surface area contributed by atoms with Gasteiger partial charge in [0.05, 0.1) is 13.2 Å². The van der Waals surface area contributed by atoms with Crippen LogP contribution in [0.2, 0.25) is 0 Å². The molecule has 0 spiro atoms. The molecule has 0 aromatic heterocycles. The first-order chi connectivity index (χ1) is 14.6. The number of nitrogens with one attached hydrogen (secondary N) is 1. The van der Waals surface area contributed by atoms with Crippen LogP contribution in [0.5, 0.6) is 0 Å². The van der Waals surface area contributed by atoms with E-state index in [1.807, 2.05) is 17.8 Å². The summed E-state index contributed by atoms with van der Waals surface area (Å²) in [4.78, 5) is 24.4. The number of hydrogen-bond acceptors (Lipinski definition) is 5. The highest BCUT2D eigenvalue weighted by molar-refractivity contribution is 14.0. The number of likely N-dealkylation sites (N-methyl/N-ethyl adjacent to an activating group) is 1. The lowest BCUT2D eigenvalue weighted by Crippen LogP contribution is -2.43. The number of amides is 1. The fourth-order valence-electron chi connectivity index (χ4n) is 3.72. The van der Waals surface area contributed by atoms with Crippen molar-refractivity contribution in [2.24, 2.45) is 10.9 Å². The molecule has 31 heavy (non-hydrogen) atoms. The van der Waals surface area contributed by atoms with E-state index in [2.05, 4.69) is 44.4 Å². The number of aliphatic imine (C=N–C) groups is 1. The van der Waals surface area contributed by atoms with Crippen molar-refractivity contribution in [2.45, 2.75) is 11.3 Å².